The Labute approximate surface area is 124 Å². The first-order valence-electron chi connectivity index (χ1n) is 7.28. The van der Waals surface area contributed by atoms with Gasteiger partial charge in [0.25, 0.3) is 0 Å². The molecule has 1 saturated heterocycles. The first kappa shape index (κ1) is 17.4. The number of ether oxygens (including phenoxy) is 1. The predicted molar refractivity (Wildman–Crippen MR) is 75.7 cm³/mol. The van der Waals surface area contributed by atoms with Crippen molar-refractivity contribution in [2.24, 2.45) is 5.92 Å². The molecule has 21 heavy (non-hydrogen) atoms. The summed E-state index contributed by atoms with van der Waals surface area (Å²) >= 11 is 0. The van der Waals surface area contributed by atoms with Gasteiger partial charge in [-0.05, 0) is 12.3 Å². The number of amides is 2. The maximum absolute atomic E-state index is 11.9. The molecule has 1 heterocycles. The number of nitrogens with zero attached hydrogens (tertiary/aromatic N) is 1. The van der Waals surface area contributed by atoms with Crippen LogP contribution in [-0.4, -0.2) is 60.1 Å². The molecule has 2 amide bonds. The van der Waals surface area contributed by atoms with E-state index in [1.54, 1.807) is 4.90 Å². The average molecular weight is 300 g/mol. The van der Waals surface area contributed by atoms with Crippen LogP contribution in [0.4, 0.5) is 0 Å². The third kappa shape index (κ3) is 6.57. The third-order valence-electron chi connectivity index (χ3n) is 3.27. The zero-order chi connectivity index (χ0) is 15.8. The lowest BCUT2D eigenvalue weighted by Gasteiger charge is -2.26. The van der Waals surface area contributed by atoms with Gasteiger partial charge in [-0.15, -0.1) is 0 Å². The van der Waals surface area contributed by atoms with Crippen LogP contribution in [-0.2, 0) is 19.1 Å². The van der Waals surface area contributed by atoms with Crippen molar-refractivity contribution < 1.29 is 24.2 Å². The van der Waals surface area contributed by atoms with Crippen LogP contribution >= 0.6 is 0 Å². The molecule has 1 fully saturated rings. The highest BCUT2D eigenvalue weighted by Gasteiger charge is 2.22. The summed E-state index contributed by atoms with van der Waals surface area (Å²) in [5, 5.41) is 11.5. The molecule has 1 atom stereocenters. The van der Waals surface area contributed by atoms with Gasteiger partial charge in [-0.3, -0.25) is 9.59 Å². The Balaban J connectivity index is 2.34. The van der Waals surface area contributed by atoms with Gasteiger partial charge in [0.2, 0.25) is 11.8 Å². The summed E-state index contributed by atoms with van der Waals surface area (Å²) in [4.78, 5) is 36.3. The molecule has 2 N–H and O–H groups in total. The maximum atomic E-state index is 11.9. The van der Waals surface area contributed by atoms with Crippen LogP contribution in [0.15, 0.2) is 0 Å². The lowest BCUT2D eigenvalue weighted by Crippen LogP contribution is -2.43. The topological polar surface area (TPSA) is 95.9 Å². The molecular formula is C14H24N2O5. The van der Waals surface area contributed by atoms with Gasteiger partial charge in [-0.25, -0.2) is 4.79 Å². The minimum absolute atomic E-state index is 0.0120. The monoisotopic (exact) mass is 300 g/mol. The quantitative estimate of drug-likeness (QED) is 0.702. The van der Waals surface area contributed by atoms with E-state index >= 15 is 0 Å². The Hall–Kier alpha value is -1.63. The van der Waals surface area contributed by atoms with Crippen LogP contribution in [0, 0.1) is 5.92 Å². The summed E-state index contributed by atoms with van der Waals surface area (Å²) < 4.78 is 5.15. The van der Waals surface area contributed by atoms with Crippen molar-refractivity contribution in [2.45, 2.75) is 39.2 Å². The standard InChI is InChI=1S/C14H24N2O5/c1-10(2)9-11(14(19)20)15-12(17)3-4-13(18)16-5-7-21-8-6-16/h10-11H,3-9H2,1-2H3,(H,15,17)(H,19,20)/t11-/m1/s1. The minimum Gasteiger partial charge on any atom is -0.480 e. The van der Waals surface area contributed by atoms with Gasteiger partial charge in [0.15, 0.2) is 0 Å². The van der Waals surface area contributed by atoms with Gasteiger partial charge in [0, 0.05) is 25.9 Å². The first-order chi connectivity index (χ1) is 9.90. The fraction of sp³-hybridized carbons (Fsp3) is 0.786. The van der Waals surface area contributed by atoms with E-state index in [0.717, 1.165) is 0 Å². The second kappa shape index (κ2) is 8.61. The second-order valence-electron chi connectivity index (χ2n) is 5.58. The number of rotatable bonds is 7. The number of carboxylic acid groups (broad SMARTS) is 1. The van der Waals surface area contributed by atoms with Gasteiger partial charge >= 0.3 is 5.97 Å². The second-order valence-corrected chi connectivity index (χ2v) is 5.58. The van der Waals surface area contributed by atoms with Crippen LogP contribution in [0.1, 0.15) is 33.1 Å². The fourth-order valence-corrected chi connectivity index (χ4v) is 2.15. The molecule has 0 aromatic carbocycles. The molecule has 7 heteroatoms. The van der Waals surface area contributed by atoms with Crippen LogP contribution in [0.2, 0.25) is 0 Å². The van der Waals surface area contributed by atoms with Crippen LogP contribution < -0.4 is 5.32 Å². The average Bonchev–Trinajstić information content (AvgIpc) is 2.44. The lowest BCUT2D eigenvalue weighted by molar-refractivity contribution is -0.142. The highest BCUT2D eigenvalue weighted by Crippen LogP contribution is 2.06. The van der Waals surface area contributed by atoms with Gasteiger partial charge in [-0.2, -0.15) is 0 Å². The van der Waals surface area contributed by atoms with E-state index in [0.29, 0.717) is 32.7 Å². The summed E-state index contributed by atoms with van der Waals surface area (Å²) in [6.45, 7) is 5.92. The molecule has 1 aliphatic heterocycles. The zero-order valence-corrected chi connectivity index (χ0v) is 12.6. The number of hydrogen-bond donors (Lipinski definition) is 2. The predicted octanol–water partition coefficient (Wildman–Crippen LogP) is 0.241. The van der Waals surface area contributed by atoms with Crippen molar-refractivity contribution in [1.29, 1.82) is 0 Å². The summed E-state index contributed by atoms with van der Waals surface area (Å²) in [7, 11) is 0. The van der Waals surface area contributed by atoms with E-state index in [9.17, 15) is 14.4 Å². The molecule has 0 spiro atoms. The van der Waals surface area contributed by atoms with Crippen LogP contribution in [0.5, 0.6) is 0 Å². The highest BCUT2D eigenvalue weighted by atomic mass is 16.5. The van der Waals surface area contributed by atoms with Crippen molar-refractivity contribution in [3.8, 4) is 0 Å². The van der Waals surface area contributed by atoms with E-state index in [4.69, 9.17) is 9.84 Å². The Kier molecular flexibility index (Phi) is 7.14. The van der Waals surface area contributed by atoms with Crippen molar-refractivity contribution >= 4 is 17.8 Å². The van der Waals surface area contributed by atoms with Gasteiger partial charge in [0.05, 0.1) is 13.2 Å². The van der Waals surface area contributed by atoms with E-state index in [2.05, 4.69) is 5.32 Å². The SMILES string of the molecule is CC(C)C[C@@H](NC(=O)CCC(=O)N1CCOCC1)C(=O)O. The molecule has 0 bridgehead atoms. The molecule has 0 unspecified atom stereocenters. The highest BCUT2D eigenvalue weighted by molar-refractivity contribution is 5.86. The van der Waals surface area contributed by atoms with E-state index < -0.39 is 17.9 Å². The van der Waals surface area contributed by atoms with E-state index in [1.165, 1.54) is 0 Å². The largest absolute Gasteiger partial charge is 0.480 e. The first-order valence-corrected chi connectivity index (χ1v) is 7.28. The third-order valence-corrected chi connectivity index (χ3v) is 3.27. The number of aliphatic carboxylic acids is 1. The van der Waals surface area contributed by atoms with Crippen LogP contribution in [0.25, 0.3) is 0 Å². The Morgan fingerprint density at radius 1 is 1.19 bits per heavy atom. The number of carboxylic acids is 1. The molecule has 0 radical (unpaired) electrons. The summed E-state index contributed by atoms with van der Waals surface area (Å²) in [5.41, 5.74) is 0. The maximum Gasteiger partial charge on any atom is 0.326 e. The molecule has 0 saturated carbocycles. The molecule has 0 aromatic rings. The van der Waals surface area contributed by atoms with Crippen molar-refractivity contribution in [1.82, 2.24) is 10.2 Å². The van der Waals surface area contributed by atoms with Crippen LogP contribution in [0.3, 0.4) is 0 Å². The zero-order valence-electron chi connectivity index (χ0n) is 12.6. The van der Waals surface area contributed by atoms with Crippen molar-refractivity contribution in [2.75, 3.05) is 26.3 Å². The molecule has 7 nitrogen and oxygen atoms in total. The Morgan fingerprint density at radius 3 is 2.33 bits per heavy atom. The number of carbonyl (C=O) groups is 3. The Bertz CT molecular complexity index is 378. The molecule has 0 aromatic heterocycles. The molecular weight excluding hydrogens is 276 g/mol. The van der Waals surface area contributed by atoms with Gasteiger partial charge in [0.1, 0.15) is 6.04 Å². The van der Waals surface area contributed by atoms with Gasteiger partial charge in [-0.1, -0.05) is 13.8 Å². The smallest absolute Gasteiger partial charge is 0.326 e. The summed E-state index contributed by atoms with van der Waals surface area (Å²) in [6.07, 6.45) is 0.483. The van der Waals surface area contributed by atoms with Gasteiger partial charge < -0.3 is 20.1 Å². The molecule has 0 aliphatic carbocycles. The number of hydrogen-bond acceptors (Lipinski definition) is 4. The minimum atomic E-state index is -1.04. The van der Waals surface area contributed by atoms with E-state index in [-0.39, 0.29) is 24.7 Å². The molecule has 1 rings (SSSR count). The number of carbonyl (C=O) groups excluding carboxylic acids is 2. The number of morpholine rings is 1. The normalized spacial score (nSPS) is 16.6. The van der Waals surface area contributed by atoms with E-state index in [1.807, 2.05) is 13.8 Å². The summed E-state index contributed by atoms with van der Waals surface area (Å²) in [5.74, 6) is -1.37. The summed E-state index contributed by atoms with van der Waals surface area (Å²) in [6, 6.07) is -0.893. The Morgan fingerprint density at radius 2 is 1.81 bits per heavy atom. The lowest BCUT2D eigenvalue weighted by atomic mass is 10.0. The number of nitrogens with one attached hydrogen (secondary N) is 1. The fourth-order valence-electron chi connectivity index (χ4n) is 2.15. The molecule has 1 aliphatic rings. The van der Waals surface area contributed by atoms with Crippen molar-refractivity contribution in [3.63, 3.8) is 0 Å². The van der Waals surface area contributed by atoms with Crippen molar-refractivity contribution in [3.05, 3.63) is 0 Å². The molecule has 120 valence electrons.